The molecule has 2 heterocycles. The molecule has 0 bridgehead atoms. The number of aliphatic hydroxyl groups excluding tert-OH is 1. The van der Waals surface area contributed by atoms with Crippen molar-refractivity contribution in [3.63, 3.8) is 0 Å². The molecule has 1 fully saturated rings. The second kappa shape index (κ2) is 9.88. The monoisotopic (exact) mass is 432 g/mol. The van der Waals surface area contributed by atoms with E-state index in [9.17, 15) is 14.3 Å². The zero-order valence-electron chi connectivity index (χ0n) is 18.0. The fraction of sp³-hybridized carbons (Fsp3) is 0.476. The number of nitrogens with zero attached hydrogens (tertiary/aromatic N) is 3. The number of rotatable bonds is 6. The summed E-state index contributed by atoms with van der Waals surface area (Å²) < 4.78 is 19.5. The van der Waals surface area contributed by atoms with E-state index >= 15 is 0 Å². The van der Waals surface area contributed by atoms with Gasteiger partial charge in [0.25, 0.3) is 0 Å². The van der Waals surface area contributed by atoms with Gasteiger partial charge < -0.3 is 30.7 Å². The largest absolute Gasteiger partial charge is 0.394 e. The third kappa shape index (κ3) is 6.25. The fourth-order valence-electron chi connectivity index (χ4n) is 3.00. The van der Waals surface area contributed by atoms with E-state index in [1.807, 2.05) is 20.8 Å². The molecule has 1 aromatic heterocycles. The highest BCUT2D eigenvalue weighted by atomic mass is 19.1. The van der Waals surface area contributed by atoms with Gasteiger partial charge in [-0.25, -0.2) is 14.2 Å². The Morgan fingerprint density at radius 1 is 1.29 bits per heavy atom. The molecule has 0 aliphatic carbocycles. The Morgan fingerprint density at radius 3 is 2.68 bits per heavy atom. The minimum Gasteiger partial charge on any atom is -0.394 e. The van der Waals surface area contributed by atoms with Crippen LogP contribution in [0.25, 0.3) is 0 Å². The van der Waals surface area contributed by atoms with Gasteiger partial charge in [0.2, 0.25) is 5.95 Å². The number of aromatic nitrogens is 2. The summed E-state index contributed by atoms with van der Waals surface area (Å²) in [7, 11) is 0. The Morgan fingerprint density at radius 2 is 2.00 bits per heavy atom. The summed E-state index contributed by atoms with van der Waals surface area (Å²) in [6.07, 6.45) is 1.07. The van der Waals surface area contributed by atoms with Crippen molar-refractivity contribution in [2.45, 2.75) is 26.8 Å². The van der Waals surface area contributed by atoms with Crippen molar-refractivity contribution >= 4 is 29.2 Å². The van der Waals surface area contributed by atoms with E-state index in [0.29, 0.717) is 37.7 Å². The number of hydrogen-bond acceptors (Lipinski definition) is 7. The molecule has 2 aromatic rings. The summed E-state index contributed by atoms with van der Waals surface area (Å²) in [6.45, 7) is 7.81. The van der Waals surface area contributed by atoms with E-state index in [1.54, 1.807) is 29.2 Å². The maximum atomic E-state index is 14.2. The average Bonchev–Trinajstić information content (AvgIpc) is 2.74. The summed E-state index contributed by atoms with van der Waals surface area (Å²) in [6, 6.07) is 6.50. The SMILES string of the molecule is CC(C)(C)[C@@H](CO)Nc1nc(Nc2cccc(NC(=O)N3CCOCC3)c2)ncc1F. The second-order valence-corrected chi connectivity index (χ2v) is 8.37. The molecule has 0 unspecified atom stereocenters. The molecule has 0 saturated carbocycles. The molecule has 10 heteroatoms. The Kier molecular flexibility index (Phi) is 7.24. The van der Waals surface area contributed by atoms with Crippen LogP contribution in [-0.4, -0.2) is 65.0 Å². The molecule has 1 aromatic carbocycles. The number of amides is 2. The maximum absolute atomic E-state index is 14.2. The third-order valence-corrected chi connectivity index (χ3v) is 4.95. The number of ether oxygens (including phenoxy) is 1. The standard InChI is InChI=1S/C21H29FN6O3/c1-21(2,3)17(13-29)26-18-16(22)12-23-19(27-18)24-14-5-4-6-15(11-14)25-20(30)28-7-9-31-10-8-28/h4-6,11-12,17,29H,7-10,13H2,1-3H3,(H,25,30)(H2,23,24,26,27)/t17-/m1/s1. The normalized spacial score (nSPS) is 15.3. The first-order valence-corrected chi connectivity index (χ1v) is 10.2. The van der Waals surface area contributed by atoms with Crippen LogP contribution in [0.1, 0.15) is 20.8 Å². The Bertz CT molecular complexity index is 899. The highest BCUT2D eigenvalue weighted by Crippen LogP contribution is 2.25. The van der Waals surface area contributed by atoms with Crippen molar-refractivity contribution in [2.75, 3.05) is 48.9 Å². The summed E-state index contributed by atoms with van der Waals surface area (Å²) in [5, 5.41) is 18.5. The van der Waals surface area contributed by atoms with Gasteiger partial charge >= 0.3 is 6.03 Å². The molecule has 1 aliphatic rings. The lowest BCUT2D eigenvalue weighted by Gasteiger charge is -2.30. The average molecular weight is 433 g/mol. The van der Waals surface area contributed by atoms with Gasteiger partial charge in [0.15, 0.2) is 11.6 Å². The highest BCUT2D eigenvalue weighted by Gasteiger charge is 2.25. The smallest absolute Gasteiger partial charge is 0.322 e. The number of anilines is 4. The van der Waals surface area contributed by atoms with E-state index in [1.165, 1.54) is 0 Å². The van der Waals surface area contributed by atoms with Crippen LogP contribution in [-0.2, 0) is 4.74 Å². The van der Waals surface area contributed by atoms with E-state index in [-0.39, 0.29) is 35.9 Å². The molecule has 9 nitrogen and oxygen atoms in total. The molecule has 31 heavy (non-hydrogen) atoms. The van der Waals surface area contributed by atoms with E-state index < -0.39 is 5.82 Å². The van der Waals surface area contributed by atoms with Crippen molar-refractivity contribution < 1.29 is 19.0 Å². The Hall–Kier alpha value is -2.98. The van der Waals surface area contributed by atoms with Gasteiger partial charge in [0.05, 0.1) is 32.1 Å². The van der Waals surface area contributed by atoms with Crippen molar-refractivity contribution in [1.29, 1.82) is 0 Å². The molecule has 1 saturated heterocycles. The summed E-state index contributed by atoms with van der Waals surface area (Å²) >= 11 is 0. The topological polar surface area (TPSA) is 112 Å². The van der Waals surface area contributed by atoms with Crippen LogP contribution >= 0.6 is 0 Å². The maximum Gasteiger partial charge on any atom is 0.322 e. The molecule has 0 spiro atoms. The van der Waals surface area contributed by atoms with Crippen LogP contribution in [0.3, 0.4) is 0 Å². The minimum absolute atomic E-state index is 0.00301. The number of carbonyl (C=O) groups is 1. The third-order valence-electron chi connectivity index (χ3n) is 4.95. The fourth-order valence-corrected chi connectivity index (χ4v) is 3.00. The molecule has 1 atom stereocenters. The van der Waals surface area contributed by atoms with Crippen molar-refractivity contribution in [3.05, 3.63) is 36.3 Å². The van der Waals surface area contributed by atoms with Gasteiger partial charge in [-0.05, 0) is 23.6 Å². The van der Waals surface area contributed by atoms with Gasteiger partial charge in [-0.2, -0.15) is 4.98 Å². The first-order valence-electron chi connectivity index (χ1n) is 10.2. The summed E-state index contributed by atoms with van der Waals surface area (Å²) in [5.74, 6) is -0.422. The number of hydrogen-bond donors (Lipinski definition) is 4. The predicted octanol–water partition coefficient (Wildman–Crippen LogP) is 3.04. The molecular weight excluding hydrogens is 403 g/mol. The van der Waals surface area contributed by atoms with Gasteiger partial charge in [-0.15, -0.1) is 0 Å². The number of aliphatic hydroxyl groups is 1. The van der Waals surface area contributed by atoms with Crippen LogP contribution in [0.4, 0.5) is 32.3 Å². The van der Waals surface area contributed by atoms with Gasteiger partial charge in [-0.1, -0.05) is 26.8 Å². The molecular formula is C21H29FN6O3. The van der Waals surface area contributed by atoms with Crippen LogP contribution in [0, 0.1) is 11.2 Å². The molecule has 1 aliphatic heterocycles. The van der Waals surface area contributed by atoms with Crippen molar-refractivity contribution in [1.82, 2.24) is 14.9 Å². The second-order valence-electron chi connectivity index (χ2n) is 8.37. The lowest BCUT2D eigenvalue weighted by Crippen LogP contribution is -2.43. The lowest BCUT2D eigenvalue weighted by molar-refractivity contribution is 0.0564. The summed E-state index contributed by atoms with van der Waals surface area (Å²) in [5.41, 5.74) is 0.939. The van der Waals surface area contributed by atoms with Gasteiger partial charge in [-0.3, -0.25) is 0 Å². The number of carbonyl (C=O) groups excluding carboxylic acids is 1. The number of halogens is 1. The van der Waals surface area contributed by atoms with Crippen molar-refractivity contribution in [2.24, 2.45) is 5.41 Å². The van der Waals surface area contributed by atoms with E-state index in [0.717, 1.165) is 6.20 Å². The number of morpholine rings is 1. The van der Waals surface area contributed by atoms with Crippen LogP contribution < -0.4 is 16.0 Å². The number of benzene rings is 1. The summed E-state index contributed by atoms with van der Waals surface area (Å²) in [4.78, 5) is 22.3. The molecule has 168 valence electrons. The molecule has 0 radical (unpaired) electrons. The van der Waals surface area contributed by atoms with Crippen LogP contribution in [0.5, 0.6) is 0 Å². The first-order chi connectivity index (χ1) is 14.8. The Balaban J connectivity index is 1.69. The van der Waals surface area contributed by atoms with E-state index in [2.05, 4.69) is 25.9 Å². The zero-order chi connectivity index (χ0) is 22.4. The number of urea groups is 1. The van der Waals surface area contributed by atoms with Crippen LogP contribution in [0.2, 0.25) is 0 Å². The predicted molar refractivity (Wildman–Crippen MR) is 117 cm³/mol. The minimum atomic E-state index is -0.611. The van der Waals surface area contributed by atoms with Gasteiger partial charge in [0, 0.05) is 24.5 Å². The zero-order valence-corrected chi connectivity index (χ0v) is 18.0. The highest BCUT2D eigenvalue weighted by molar-refractivity contribution is 5.90. The molecule has 3 rings (SSSR count). The van der Waals surface area contributed by atoms with Gasteiger partial charge in [0.1, 0.15) is 0 Å². The van der Waals surface area contributed by atoms with Crippen LogP contribution in [0.15, 0.2) is 30.5 Å². The quantitative estimate of drug-likeness (QED) is 0.555. The number of nitrogens with one attached hydrogen (secondary N) is 3. The molecule has 4 N–H and O–H groups in total. The first kappa shape index (κ1) is 22.7. The van der Waals surface area contributed by atoms with E-state index in [4.69, 9.17) is 4.74 Å². The molecule has 2 amide bonds. The Labute approximate surface area is 181 Å². The lowest BCUT2D eigenvalue weighted by atomic mass is 9.87. The van der Waals surface area contributed by atoms with Crippen molar-refractivity contribution in [3.8, 4) is 0 Å².